The average molecular weight is 359 g/mol. The predicted octanol–water partition coefficient (Wildman–Crippen LogP) is 4.06. The molecule has 1 fully saturated rings. The zero-order valence-electron chi connectivity index (χ0n) is 15.3. The third-order valence-electron chi connectivity index (χ3n) is 4.86. The number of nitrogens with zero attached hydrogens (tertiary/aromatic N) is 1. The number of sulfonamides is 1. The molecule has 1 aliphatic rings. The van der Waals surface area contributed by atoms with Crippen LogP contribution in [0.4, 0.5) is 0 Å². The van der Waals surface area contributed by atoms with Crippen molar-refractivity contribution in [1.82, 2.24) is 9.71 Å². The van der Waals surface area contributed by atoms with Crippen LogP contribution in [0.25, 0.3) is 11.1 Å². The van der Waals surface area contributed by atoms with Crippen molar-refractivity contribution < 1.29 is 8.42 Å². The van der Waals surface area contributed by atoms with Crippen molar-refractivity contribution in [3.63, 3.8) is 0 Å². The minimum atomic E-state index is -3.25. The van der Waals surface area contributed by atoms with E-state index in [2.05, 4.69) is 48.7 Å². The summed E-state index contributed by atoms with van der Waals surface area (Å²) in [5, 5.41) is 0. The van der Waals surface area contributed by atoms with Gasteiger partial charge < -0.3 is 0 Å². The van der Waals surface area contributed by atoms with Gasteiger partial charge in [-0.15, -0.1) is 0 Å². The van der Waals surface area contributed by atoms with Crippen LogP contribution >= 0.6 is 0 Å². The van der Waals surface area contributed by atoms with Gasteiger partial charge in [-0.05, 0) is 74.8 Å². The van der Waals surface area contributed by atoms with Crippen molar-refractivity contribution in [3.05, 3.63) is 52.8 Å². The van der Waals surface area contributed by atoms with Gasteiger partial charge in [-0.25, -0.2) is 13.1 Å². The average Bonchev–Trinajstić information content (AvgIpc) is 3.37. The van der Waals surface area contributed by atoms with Crippen LogP contribution in [0.2, 0.25) is 0 Å². The normalized spacial score (nSPS) is 16.0. The van der Waals surface area contributed by atoms with Crippen LogP contribution in [0.5, 0.6) is 0 Å². The van der Waals surface area contributed by atoms with Gasteiger partial charge in [-0.1, -0.05) is 17.7 Å². The summed E-state index contributed by atoms with van der Waals surface area (Å²) in [5.41, 5.74) is 6.87. The van der Waals surface area contributed by atoms with Gasteiger partial charge in [0.1, 0.15) is 0 Å². The Labute approximate surface area is 150 Å². The molecule has 3 rings (SSSR count). The Morgan fingerprint density at radius 3 is 2.32 bits per heavy atom. The van der Waals surface area contributed by atoms with E-state index in [4.69, 9.17) is 0 Å². The monoisotopic (exact) mass is 358 g/mol. The van der Waals surface area contributed by atoms with Gasteiger partial charge in [0, 0.05) is 18.0 Å². The van der Waals surface area contributed by atoms with Crippen molar-refractivity contribution in [2.75, 3.05) is 5.75 Å². The molecule has 134 valence electrons. The second-order valence-electron chi connectivity index (χ2n) is 7.12. The van der Waals surface area contributed by atoms with Crippen molar-refractivity contribution in [1.29, 1.82) is 0 Å². The van der Waals surface area contributed by atoms with E-state index in [1.165, 1.54) is 22.3 Å². The molecule has 0 bridgehead atoms. The van der Waals surface area contributed by atoms with Crippen molar-refractivity contribution >= 4 is 10.0 Å². The lowest BCUT2D eigenvalue weighted by molar-refractivity contribution is 0.529. The Balaban J connectivity index is 2.01. The maximum Gasteiger partial charge on any atom is 0.211 e. The first-order chi connectivity index (χ1) is 11.8. The van der Waals surface area contributed by atoms with Gasteiger partial charge in [-0.3, -0.25) is 4.98 Å². The maximum absolute atomic E-state index is 12.1. The first-order valence-electron chi connectivity index (χ1n) is 8.84. The number of hydrogen-bond acceptors (Lipinski definition) is 3. The zero-order valence-corrected chi connectivity index (χ0v) is 16.2. The smallest absolute Gasteiger partial charge is 0.211 e. The highest BCUT2D eigenvalue weighted by molar-refractivity contribution is 7.89. The minimum Gasteiger partial charge on any atom is -0.264 e. The minimum absolute atomic E-state index is 0.0967. The van der Waals surface area contributed by atoms with Crippen LogP contribution in [0.3, 0.4) is 0 Å². The summed E-state index contributed by atoms with van der Waals surface area (Å²) in [6.07, 6.45) is 5.78. The third kappa shape index (κ3) is 4.10. The maximum atomic E-state index is 12.1. The van der Waals surface area contributed by atoms with E-state index in [1.807, 2.05) is 6.20 Å². The summed E-state index contributed by atoms with van der Waals surface area (Å²) >= 11 is 0. The van der Waals surface area contributed by atoms with Crippen LogP contribution in [0.15, 0.2) is 30.6 Å². The topological polar surface area (TPSA) is 59.1 Å². The molecule has 1 saturated carbocycles. The molecule has 1 unspecified atom stereocenters. The number of pyridine rings is 1. The number of aromatic nitrogens is 1. The van der Waals surface area contributed by atoms with E-state index in [9.17, 15) is 8.42 Å². The molecule has 1 atom stereocenters. The van der Waals surface area contributed by atoms with Gasteiger partial charge in [-0.2, -0.15) is 0 Å². The van der Waals surface area contributed by atoms with Gasteiger partial charge in [0.15, 0.2) is 0 Å². The molecule has 1 N–H and O–H groups in total. The molecule has 0 amide bonds. The molecule has 1 aromatic heterocycles. The molecular weight excluding hydrogens is 332 g/mol. The quantitative estimate of drug-likeness (QED) is 0.847. The second kappa shape index (κ2) is 6.89. The largest absolute Gasteiger partial charge is 0.264 e. The summed E-state index contributed by atoms with van der Waals surface area (Å²) in [6, 6.07) is 6.27. The molecule has 1 aliphatic carbocycles. The highest BCUT2D eigenvalue weighted by Gasteiger charge is 2.35. The Morgan fingerprint density at radius 2 is 1.76 bits per heavy atom. The first-order valence-corrected chi connectivity index (χ1v) is 10.5. The molecule has 0 spiro atoms. The van der Waals surface area contributed by atoms with E-state index in [1.54, 1.807) is 13.1 Å². The molecule has 1 aromatic carbocycles. The van der Waals surface area contributed by atoms with Crippen molar-refractivity contribution in [3.8, 4) is 11.1 Å². The molecular formula is C20H26N2O2S. The van der Waals surface area contributed by atoms with E-state index < -0.39 is 10.0 Å². The molecule has 0 saturated heterocycles. The summed E-state index contributed by atoms with van der Waals surface area (Å²) in [7, 11) is -3.25. The Morgan fingerprint density at radius 1 is 1.12 bits per heavy atom. The summed E-state index contributed by atoms with van der Waals surface area (Å²) < 4.78 is 27.0. The lowest BCUT2D eigenvalue weighted by atomic mass is 9.93. The fourth-order valence-corrected chi connectivity index (χ4v) is 4.42. The lowest BCUT2D eigenvalue weighted by Crippen LogP contribution is -2.31. The standard InChI is InChI=1S/C20H26N2O2S/c1-5-25(23,24)22-20(16-6-7-16)18-10-17(11-21-12-18)19-14(3)8-13(2)9-15(19)4/h8-12,16,20,22H,5-7H2,1-4H3. The lowest BCUT2D eigenvalue weighted by Gasteiger charge is -2.19. The van der Waals surface area contributed by atoms with Gasteiger partial charge in [0.2, 0.25) is 10.0 Å². The number of benzene rings is 1. The van der Waals surface area contributed by atoms with Gasteiger partial charge in [0.05, 0.1) is 11.8 Å². The Bertz CT molecular complexity index is 863. The summed E-state index contributed by atoms with van der Waals surface area (Å²) in [5.74, 6) is 0.470. The Kier molecular flexibility index (Phi) is 4.98. The van der Waals surface area contributed by atoms with Gasteiger partial charge in [0.25, 0.3) is 0 Å². The fourth-order valence-electron chi connectivity index (χ4n) is 3.54. The van der Waals surface area contributed by atoms with Crippen LogP contribution in [0.1, 0.15) is 48.1 Å². The zero-order chi connectivity index (χ0) is 18.2. The molecule has 25 heavy (non-hydrogen) atoms. The second-order valence-corrected chi connectivity index (χ2v) is 9.16. The highest BCUT2D eigenvalue weighted by atomic mass is 32.2. The molecule has 0 aliphatic heterocycles. The van der Waals surface area contributed by atoms with E-state index in [0.29, 0.717) is 5.92 Å². The highest BCUT2D eigenvalue weighted by Crippen LogP contribution is 2.42. The molecule has 1 heterocycles. The van der Waals surface area contributed by atoms with Crippen LogP contribution < -0.4 is 4.72 Å². The summed E-state index contributed by atoms with van der Waals surface area (Å²) in [6.45, 7) is 7.99. The number of nitrogens with one attached hydrogen (secondary N) is 1. The van der Waals surface area contributed by atoms with E-state index >= 15 is 0 Å². The fraction of sp³-hybridized carbons (Fsp3) is 0.450. The number of rotatable bonds is 6. The summed E-state index contributed by atoms with van der Waals surface area (Å²) in [4.78, 5) is 4.42. The van der Waals surface area contributed by atoms with Crippen LogP contribution in [0, 0.1) is 26.7 Å². The first kappa shape index (κ1) is 18.1. The van der Waals surface area contributed by atoms with Crippen LogP contribution in [-0.2, 0) is 10.0 Å². The SMILES string of the molecule is CCS(=O)(=O)NC(c1cncc(-c2c(C)cc(C)cc2C)c1)C1CC1. The van der Waals surface area contributed by atoms with Gasteiger partial charge >= 0.3 is 0 Å². The Hall–Kier alpha value is -1.72. The number of hydrogen-bond donors (Lipinski definition) is 1. The molecule has 4 nitrogen and oxygen atoms in total. The van der Waals surface area contributed by atoms with E-state index in [-0.39, 0.29) is 11.8 Å². The van der Waals surface area contributed by atoms with Crippen molar-refractivity contribution in [2.24, 2.45) is 5.92 Å². The molecule has 5 heteroatoms. The van der Waals surface area contributed by atoms with Crippen molar-refractivity contribution in [2.45, 2.75) is 46.6 Å². The molecule has 0 radical (unpaired) electrons. The number of aryl methyl sites for hydroxylation is 3. The third-order valence-corrected chi connectivity index (χ3v) is 6.24. The van der Waals surface area contributed by atoms with Crippen LogP contribution in [-0.4, -0.2) is 19.2 Å². The van der Waals surface area contributed by atoms with E-state index in [0.717, 1.165) is 24.0 Å². The molecule has 2 aromatic rings. The predicted molar refractivity (Wildman–Crippen MR) is 102 cm³/mol.